The Labute approximate surface area is 181 Å². The van der Waals surface area contributed by atoms with Crippen LogP contribution in [0.15, 0.2) is 48.6 Å². The lowest BCUT2D eigenvalue weighted by Crippen LogP contribution is -2.19. The molecule has 1 saturated heterocycles. The highest BCUT2D eigenvalue weighted by Crippen LogP contribution is 2.33. The maximum Gasteiger partial charge on any atom is 0.204 e. The van der Waals surface area contributed by atoms with Gasteiger partial charge in [0.1, 0.15) is 6.17 Å². The van der Waals surface area contributed by atoms with Gasteiger partial charge >= 0.3 is 0 Å². The molecule has 2 aromatic rings. The molecule has 3 unspecified atom stereocenters. The Morgan fingerprint density at radius 1 is 1.03 bits per heavy atom. The summed E-state index contributed by atoms with van der Waals surface area (Å²) in [5.41, 5.74) is 1.56. The molecular formula is C25H29F3O3. The van der Waals surface area contributed by atoms with Crippen molar-refractivity contribution in [3.63, 3.8) is 0 Å². The van der Waals surface area contributed by atoms with E-state index in [4.69, 9.17) is 14.2 Å². The van der Waals surface area contributed by atoms with Crippen LogP contribution in [0, 0.1) is 17.6 Å². The summed E-state index contributed by atoms with van der Waals surface area (Å²) in [7, 11) is 0. The third kappa shape index (κ3) is 6.03. The second-order valence-electron chi connectivity index (χ2n) is 7.58. The Balaban J connectivity index is 1.50. The fourth-order valence-corrected chi connectivity index (χ4v) is 3.71. The summed E-state index contributed by atoms with van der Waals surface area (Å²) in [5, 5.41) is 0. The summed E-state index contributed by atoms with van der Waals surface area (Å²) in [6.45, 7) is 4.53. The van der Waals surface area contributed by atoms with E-state index in [-0.39, 0.29) is 37.2 Å². The molecule has 0 saturated carbocycles. The largest absolute Gasteiger partial charge is 0.491 e. The molecule has 0 radical (unpaired) electrons. The first kappa shape index (κ1) is 23.2. The Hall–Kier alpha value is -2.47. The maximum atomic E-state index is 14.6. The van der Waals surface area contributed by atoms with Crippen LogP contribution in [0.2, 0.25) is 0 Å². The molecule has 0 aliphatic carbocycles. The third-order valence-electron chi connectivity index (χ3n) is 5.39. The van der Waals surface area contributed by atoms with Crippen LogP contribution in [-0.4, -0.2) is 19.8 Å². The van der Waals surface area contributed by atoms with Crippen LogP contribution < -0.4 is 9.47 Å². The van der Waals surface area contributed by atoms with Crippen LogP contribution in [-0.2, 0) is 4.74 Å². The minimum atomic E-state index is -1.27. The molecule has 1 aliphatic heterocycles. The lowest BCUT2D eigenvalue weighted by atomic mass is 9.93. The van der Waals surface area contributed by atoms with E-state index in [9.17, 15) is 13.2 Å². The summed E-state index contributed by atoms with van der Waals surface area (Å²) in [5.74, 6) is -2.20. The first-order valence-electron chi connectivity index (χ1n) is 10.7. The van der Waals surface area contributed by atoms with Gasteiger partial charge in [-0.1, -0.05) is 36.4 Å². The average Bonchev–Trinajstić information content (AvgIpc) is 2.79. The summed E-state index contributed by atoms with van der Waals surface area (Å²) in [4.78, 5) is 0. The quantitative estimate of drug-likeness (QED) is 0.402. The van der Waals surface area contributed by atoms with E-state index >= 15 is 0 Å². The van der Waals surface area contributed by atoms with E-state index in [0.29, 0.717) is 18.1 Å². The zero-order chi connectivity index (χ0) is 22.2. The number of alkyl halides is 1. The molecule has 0 bridgehead atoms. The van der Waals surface area contributed by atoms with Crippen LogP contribution in [0.3, 0.4) is 0 Å². The van der Waals surface area contributed by atoms with Gasteiger partial charge in [-0.3, -0.25) is 0 Å². The number of halogens is 3. The Morgan fingerprint density at radius 3 is 2.29 bits per heavy atom. The van der Waals surface area contributed by atoms with Crippen molar-refractivity contribution in [2.24, 2.45) is 5.92 Å². The van der Waals surface area contributed by atoms with E-state index in [1.807, 2.05) is 19.1 Å². The Bertz CT molecular complexity index is 859. The lowest BCUT2D eigenvalue weighted by Gasteiger charge is -2.28. The van der Waals surface area contributed by atoms with Crippen molar-refractivity contribution in [1.29, 1.82) is 0 Å². The molecule has 0 N–H and O–H groups in total. The molecule has 0 aromatic heterocycles. The van der Waals surface area contributed by atoms with Crippen molar-refractivity contribution in [2.75, 3.05) is 19.8 Å². The van der Waals surface area contributed by atoms with Gasteiger partial charge in [0.2, 0.25) is 11.6 Å². The van der Waals surface area contributed by atoms with E-state index in [1.54, 1.807) is 19.1 Å². The molecule has 2 aromatic carbocycles. The lowest BCUT2D eigenvalue weighted by molar-refractivity contribution is -0.00527. The molecule has 0 amide bonds. The molecule has 1 heterocycles. The molecule has 31 heavy (non-hydrogen) atoms. The summed E-state index contributed by atoms with van der Waals surface area (Å²) in [6, 6.07) is 9.88. The van der Waals surface area contributed by atoms with E-state index in [1.165, 1.54) is 12.1 Å². The molecule has 6 heteroatoms. The van der Waals surface area contributed by atoms with Gasteiger partial charge in [0, 0.05) is 12.3 Å². The Morgan fingerprint density at radius 2 is 1.71 bits per heavy atom. The van der Waals surface area contributed by atoms with Gasteiger partial charge < -0.3 is 14.2 Å². The molecule has 1 fully saturated rings. The first-order valence-corrected chi connectivity index (χ1v) is 10.7. The van der Waals surface area contributed by atoms with Crippen molar-refractivity contribution in [1.82, 2.24) is 0 Å². The highest BCUT2D eigenvalue weighted by Gasteiger charge is 2.22. The van der Waals surface area contributed by atoms with Crippen molar-refractivity contribution in [3.05, 3.63) is 71.3 Å². The Kier molecular flexibility index (Phi) is 8.41. The monoisotopic (exact) mass is 434 g/mol. The van der Waals surface area contributed by atoms with Gasteiger partial charge in [0.15, 0.2) is 11.5 Å². The van der Waals surface area contributed by atoms with Gasteiger partial charge in [-0.15, -0.1) is 0 Å². The van der Waals surface area contributed by atoms with Gasteiger partial charge in [-0.25, -0.2) is 4.39 Å². The molecule has 3 nitrogen and oxygen atoms in total. The van der Waals surface area contributed by atoms with Crippen LogP contribution in [0.25, 0.3) is 0 Å². The number of rotatable bonds is 9. The minimum absolute atomic E-state index is 0.0264. The normalized spacial score (nSPS) is 20.0. The van der Waals surface area contributed by atoms with Crippen LogP contribution in [0.4, 0.5) is 13.2 Å². The van der Waals surface area contributed by atoms with Gasteiger partial charge in [-0.2, -0.15) is 8.78 Å². The number of ether oxygens (including phenoxy) is 3. The zero-order valence-corrected chi connectivity index (χ0v) is 18.0. The SMILES string of the molecule is CC=CC1CCC(c2ccc(C(F)CCOc3ccc(OCC)c(F)c3F)cc2)OC1. The first-order chi connectivity index (χ1) is 15.0. The highest BCUT2D eigenvalue weighted by molar-refractivity contribution is 5.35. The second-order valence-corrected chi connectivity index (χ2v) is 7.58. The zero-order valence-electron chi connectivity index (χ0n) is 18.0. The van der Waals surface area contributed by atoms with E-state index < -0.39 is 17.8 Å². The molecule has 0 spiro atoms. The van der Waals surface area contributed by atoms with E-state index in [2.05, 4.69) is 12.2 Å². The predicted octanol–water partition coefficient (Wildman–Crippen LogP) is 6.89. The number of allylic oxidation sites excluding steroid dienone is 1. The van der Waals surface area contributed by atoms with Gasteiger partial charge in [0.25, 0.3) is 0 Å². The van der Waals surface area contributed by atoms with Crippen LogP contribution in [0.1, 0.15) is 56.5 Å². The van der Waals surface area contributed by atoms with Crippen molar-refractivity contribution >= 4 is 0 Å². The second kappa shape index (κ2) is 11.2. The fraction of sp³-hybridized carbons (Fsp3) is 0.440. The molecule has 168 valence electrons. The molecule has 3 atom stereocenters. The third-order valence-corrected chi connectivity index (χ3v) is 5.39. The maximum absolute atomic E-state index is 14.6. The van der Waals surface area contributed by atoms with Crippen molar-refractivity contribution < 1.29 is 27.4 Å². The summed E-state index contributed by atoms with van der Waals surface area (Å²) >= 11 is 0. The topological polar surface area (TPSA) is 27.7 Å². The highest BCUT2D eigenvalue weighted by atomic mass is 19.2. The number of benzene rings is 2. The molecule has 3 rings (SSSR count). The standard InChI is InChI=1S/C25H29F3O3/c1-3-5-17-6-11-21(31-16-17)19-9-7-18(8-10-19)20(26)14-15-30-23-13-12-22(29-4-2)24(27)25(23)28/h3,5,7-10,12-13,17,20-21H,4,6,11,14-16H2,1-2H3. The van der Waals surface area contributed by atoms with Crippen molar-refractivity contribution in [2.45, 2.75) is 45.4 Å². The van der Waals surface area contributed by atoms with Crippen LogP contribution >= 0.6 is 0 Å². The van der Waals surface area contributed by atoms with Gasteiger partial charge in [-0.05, 0) is 49.9 Å². The van der Waals surface area contributed by atoms with E-state index in [0.717, 1.165) is 18.4 Å². The number of hydrogen-bond donors (Lipinski definition) is 0. The summed E-state index contributed by atoms with van der Waals surface area (Å²) in [6.07, 6.45) is 5.02. The van der Waals surface area contributed by atoms with Crippen molar-refractivity contribution in [3.8, 4) is 11.5 Å². The van der Waals surface area contributed by atoms with Crippen LogP contribution in [0.5, 0.6) is 11.5 Å². The molecule has 1 aliphatic rings. The molecular weight excluding hydrogens is 405 g/mol. The minimum Gasteiger partial charge on any atom is -0.491 e. The smallest absolute Gasteiger partial charge is 0.204 e. The average molecular weight is 434 g/mol. The fourth-order valence-electron chi connectivity index (χ4n) is 3.71. The summed E-state index contributed by atoms with van der Waals surface area (Å²) < 4.78 is 58.7. The number of hydrogen-bond acceptors (Lipinski definition) is 3. The predicted molar refractivity (Wildman–Crippen MR) is 114 cm³/mol. The van der Waals surface area contributed by atoms with Gasteiger partial charge in [0.05, 0.1) is 25.9 Å².